The van der Waals surface area contributed by atoms with Crippen LogP contribution in [-0.2, 0) is 14.4 Å². The lowest BCUT2D eigenvalue weighted by molar-refractivity contribution is -0.152. The molecule has 130 valence electrons. The molecule has 2 aliphatic rings. The van der Waals surface area contributed by atoms with Gasteiger partial charge in [-0.25, -0.2) is 4.79 Å². The summed E-state index contributed by atoms with van der Waals surface area (Å²) in [5.74, 6) is -1.20. The van der Waals surface area contributed by atoms with Crippen LogP contribution in [0.15, 0.2) is 0 Å². The number of piperidine rings is 1. The molecule has 1 saturated heterocycles. The quantitative estimate of drug-likeness (QED) is 0.820. The summed E-state index contributed by atoms with van der Waals surface area (Å²) >= 11 is 0. The number of carboxylic acid groups (broad SMARTS) is 1. The molecule has 1 aliphatic carbocycles. The Labute approximate surface area is 137 Å². The molecular formula is C17H28N2O4. The van der Waals surface area contributed by atoms with E-state index in [2.05, 4.69) is 19.2 Å². The van der Waals surface area contributed by atoms with Gasteiger partial charge in [-0.2, -0.15) is 0 Å². The number of nitrogens with one attached hydrogen (secondary N) is 1. The van der Waals surface area contributed by atoms with Crippen LogP contribution >= 0.6 is 0 Å². The highest BCUT2D eigenvalue weighted by atomic mass is 16.4. The van der Waals surface area contributed by atoms with Crippen LogP contribution in [0.3, 0.4) is 0 Å². The third-order valence-electron chi connectivity index (χ3n) is 5.48. The average Bonchev–Trinajstić information content (AvgIpc) is 2.81. The molecule has 2 fully saturated rings. The van der Waals surface area contributed by atoms with Crippen LogP contribution in [0.4, 0.5) is 0 Å². The van der Waals surface area contributed by atoms with Gasteiger partial charge in [-0.1, -0.05) is 41.5 Å². The van der Waals surface area contributed by atoms with E-state index in [1.54, 1.807) is 6.92 Å². The lowest BCUT2D eigenvalue weighted by Gasteiger charge is -2.36. The first-order valence-electron chi connectivity index (χ1n) is 8.25. The van der Waals surface area contributed by atoms with E-state index >= 15 is 0 Å². The Kier molecular flexibility index (Phi) is 4.24. The summed E-state index contributed by atoms with van der Waals surface area (Å²) in [7, 11) is 0. The number of carbonyl (C=O) groups excluding carboxylic acids is 2. The normalized spacial score (nSPS) is 29.7. The highest BCUT2D eigenvalue weighted by Gasteiger charge is 2.70. The van der Waals surface area contributed by atoms with E-state index in [4.69, 9.17) is 0 Å². The molecule has 23 heavy (non-hydrogen) atoms. The Balaban J connectivity index is 2.23. The third kappa shape index (κ3) is 2.95. The van der Waals surface area contributed by atoms with Crippen LogP contribution < -0.4 is 5.32 Å². The number of amides is 2. The molecule has 1 saturated carbocycles. The predicted octanol–water partition coefficient (Wildman–Crippen LogP) is 1.49. The number of fused-ring (bicyclic) bond motifs is 1. The number of rotatable bonds is 4. The summed E-state index contributed by atoms with van der Waals surface area (Å²) in [5.41, 5.74) is -0.503. The van der Waals surface area contributed by atoms with Crippen molar-refractivity contribution in [2.45, 2.75) is 60.0 Å². The monoisotopic (exact) mass is 324 g/mol. The highest BCUT2D eigenvalue weighted by molar-refractivity contribution is 5.92. The van der Waals surface area contributed by atoms with Crippen LogP contribution in [0.2, 0.25) is 0 Å². The number of hydrogen-bond acceptors (Lipinski definition) is 3. The Morgan fingerprint density at radius 3 is 2.30 bits per heavy atom. The van der Waals surface area contributed by atoms with Crippen molar-refractivity contribution in [1.82, 2.24) is 10.2 Å². The van der Waals surface area contributed by atoms with Gasteiger partial charge in [0.2, 0.25) is 11.8 Å². The van der Waals surface area contributed by atoms with Gasteiger partial charge in [0, 0.05) is 18.9 Å². The second-order valence-corrected chi connectivity index (χ2v) is 8.45. The summed E-state index contributed by atoms with van der Waals surface area (Å²) in [4.78, 5) is 37.9. The smallest absolute Gasteiger partial charge is 0.326 e. The largest absolute Gasteiger partial charge is 0.480 e. The molecule has 0 aromatic rings. The number of aliphatic carboxylic acids is 1. The van der Waals surface area contributed by atoms with Gasteiger partial charge < -0.3 is 15.3 Å². The van der Waals surface area contributed by atoms with Crippen molar-refractivity contribution in [3.8, 4) is 0 Å². The van der Waals surface area contributed by atoms with Crippen molar-refractivity contribution < 1.29 is 19.5 Å². The van der Waals surface area contributed by atoms with E-state index in [0.29, 0.717) is 13.0 Å². The fourth-order valence-corrected chi connectivity index (χ4v) is 3.87. The highest BCUT2D eigenvalue weighted by Crippen LogP contribution is 2.64. The summed E-state index contributed by atoms with van der Waals surface area (Å²) in [5, 5.41) is 12.4. The van der Waals surface area contributed by atoms with E-state index in [-0.39, 0.29) is 29.1 Å². The second-order valence-electron chi connectivity index (χ2n) is 8.45. The molecule has 0 aromatic carbocycles. The molecule has 2 amide bonds. The fraction of sp³-hybridized carbons (Fsp3) is 0.824. The van der Waals surface area contributed by atoms with Gasteiger partial charge in [-0.05, 0) is 16.7 Å². The number of hydrogen-bond donors (Lipinski definition) is 2. The molecule has 1 aliphatic heterocycles. The molecule has 6 heteroatoms. The van der Waals surface area contributed by atoms with Crippen molar-refractivity contribution in [2.75, 3.05) is 6.54 Å². The molecule has 0 spiro atoms. The van der Waals surface area contributed by atoms with Crippen molar-refractivity contribution in [2.24, 2.45) is 22.7 Å². The zero-order valence-electron chi connectivity index (χ0n) is 14.8. The van der Waals surface area contributed by atoms with Crippen molar-refractivity contribution in [3.05, 3.63) is 0 Å². The van der Waals surface area contributed by atoms with Gasteiger partial charge in [-0.3, -0.25) is 9.59 Å². The van der Waals surface area contributed by atoms with Crippen LogP contribution in [0.25, 0.3) is 0 Å². The third-order valence-corrected chi connectivity index (χ3v) is 5.48. The van der Waals surface area contributed by atoms with Gasteiger partial charge in [0.15, 0.2) is 0 Å². The number of carbonyl (C=O) groups is 3. The van der Waals surface area contributed by atoms with Crippen molar-refractivity contribution >= 4 is 17.8 Å². The van der Waals surface area contributed by atoms with Crippen LogP contribution in [0, 0.1) is 22.7 Å². The standard InChI is InChI=1S/C17H28N2O4/c1-7-10(20)18-13(16(2,3)4)14(21)19-8-9-11(17(9,5)6)12(19)15(22)23/h9,11-13H,7-8H2,1-6H3,(H,18,20)(H,22,23)/t9-,11-,12-,13?/m0/s1. The fourth-order valence-electron chi connectivity index (χ4n) is 3.87. The second kappa shape index (κ2) is 5.49. The Bertz CT molecular complexity index is 535. The van der Waals surface area contributed by atoms with Crippen LogP contribution in [-0.4, -0.2) is 46.4 Å². The number of carboxylic acids is 1. The predicted molar refractivity (Wildman–Crippen MR) is 85.6 cm³/mol. The molecule has 1 heterocycles. The molecule has 4 atom stereocenters. The van der Waals surface area contributed by atoms with Gasteiger partial charge in [0.1, 0.15) is 12.1 Å². The minimum Gasteiger partial charge on any atom is -0.480 e. The van der Waals surface area contributed by atoms with Gasteiger partial charge in [-0.15, -0.1) is 0 Å². The van der Waals surface area contributed by atoms with Gasteiger partial charge in [0.05, 0.1) is 0 Å². The van der Waals surface area contributed by atoms with Gasteiger partial charge >= 0.3 is 5.97 Å². The first kappa shape index (κ1) is 17.8. The Morgan fingerprint density at radius 2 is 1.87 bits per heavy atom. The van der Waals surface area contributed by atoms with E-state index in [1.807, 2.05) is 20.8 Å². The maximum atomic E-state index is 13.0. The Hall–Kier alpha value is -1.59. The summed E-state index contributed by atoms with van der Waals surface area (Å²) < 4.78 is 0. The van der Waals surface area contributed by atoms with E-state index in [1.165, 1.54) is 4.90 Å². The van der Waals surface area contributed by atoms with E-state index < -0.39 is 23.5 Å². The average molecular weight is 324 g/mol. The van der Waals surface area contributed by atoms with Crippen molar-refractivity contribution in [1.29, 1.82) is 0 Å². The molecular weight excluding hydrogens is 296 g/mol. The van der Waals surface area contributed by atoms with Gasteiger partial charge in [0.25, 0.3) is 0 Å². The summed E-state index contributed by atoms with van der Waals surface area (Å²) in [6, 6.07) is -1.50. The lowest BCUT2D eigenvalue weighted by Crippen LogP contribution is -2.58. The van der Waals surface area contributed by atoms with Crippen molar-refractivity contribution in [3.63, 3.8) is 0 Å². The minimum atomic E-state index is -0.953. The molecule has 0 radical (unpaired) electrons. The summed E-state index contributed by atoms with van der Waals surface area (Å²) in [6.07, 6.45) is 0.292. The first-order chi connectivity index (χ1) is 10.4. The SMILES string of the molecule is CCC(=O)NC(C(=O)N1C[C@H]2[C@@H]([C@H]1C(=O)O)C2(C)C)C(C)(C)C. The van der Waals surface area contributed by atoms with E-state index in [9.17, 15) is 19.5 Å². The first-order valence-corrected chi connectivity index (χ1v) is 8.25. The molecule has 1 unspecified atom stereocenters. The van der Waals surface area contributed by atoms with E-state index in [0.717, 1.165) is 0 Å². The van der Waals surface area contributed by atoms with Crippen LogP contribution in [0.1, 0.15) is 48.0 Å². The Morgan fingerprint density at radius 1 is 1.30 bits per heavy atom. The zero-order valence-corrected chi connectivity index (χ0v) is 14.8. The molecule has 0 aromatic heterocycles. The molecule has 2 rings (SSSR count). The molecule has 2 N–H and O–H groups in total. The number of nitrogens with zero attached hydrogens (tertiary/aromatic N) is 1. The topological polar surface area (TPSA) is 86.7 Å². The maximum Gasteiger partial charge on any atom is 0.326 e. The zero-order chi connectivity index (χ0) is 17.7. The maximum absolute atomic E-state index is 13.0. The lowest BCUT2D eigenvalue weighted by atomic mass is 9.85. The minimum absolute atomic E-state index is 0.00597. The number of likely N-dealkylation sites (tertiary alicyclic amines) is 1. The molecule has 6 nitrogen and oxygen atoms in total. The molecule has 0 bridgehead atoms. The summed E-state index contributed by atoms with van der Waals surface area (Å²) in [6.45, 7) is 11.9. The van der Waals surface area contributed by atoms with Crippen LogP contribution in [0.5, 0.6) is 0 Å².